The summed E-state index contributed by atoms with van der Waals surface area (Å²) >= 11 is 0. The Morgan fingerprint density at radius 2 is 1.94 bits per heavy atom. The minimum Gasteiger partial charge on any atom is -0.497 e. The van der Waals surface area contributed by atoms with E-state index in [0.29, 0.717) is 39.0 Å². The zero-order valence-electron chi connectivity index (χ0n) is 18.2. The fourth-order valence-corrected chi connectivity index (χ4v) is 4.03. The van der Waals surface area contributed by atoms with Gasteiger partial charge in [-0.2, -0.15) is 0 Å². The second-order valence-electron chi connectivity index (χ2n) is 7.91. The van der Waals surface area contributed by atoms with Gasteiger partial charge in [0.2, 0.25) is 5.90 Å². The van der Waals surface area contributed by atoms with Crippen molar-refractivity contribution in [2.75, 3.05) is 46.8 Å². The predicted octanol–water partition coefficient (Wildman–Crippen LogP) is 3.10. The lowest BCUT2D eigenvalue weighted by atomic mass is 9.94. The molecule has 5 rings (SSSR count). The second kappa shape index (κ2) is 9.47. The van der Waals surface area contributed by atoms with E-state index in [2.05, 4.69) is 39.9 Å². The van der Waals surface area contributed by atoms with Crippen LogP contribution >= 0.6 is 0 Å². The minimum atomic E-state index is -0.0339. The van der Waals surface area contributed by atoms with Gasteiger partial charge in [-0.25, -0.2) is 4.99 Å². The van der Waals surface area contributed by atoms with Gasteiger partial charge in [-0.05, 0) is 48.4 Å². The molecular weight excluding hydrogens is 404 g/mol. The quantitative estimate of drug-likeness (QED) is 0.701. The largest absolute Gasteiger partial charge is 0.497 e. The number of ether oxygens (including phenoxy) is 4. The van der Waals surface area contributed by atoms with Crippen molar-refractivity contribution in [3.8, 4) is 17.6 Å². The van der Waals surface area contributed by atoms with Gasteiger partial charge < -0.3 is 23.8 Å². The van der Waals surface area contributed by atoms with E-state index in [0.717, 1.165) is 35.5 Å². The number of nitrogens with zero attached hydrogens (tertiary/aromatic N) is 2. The molecule has 0 bridgehead atoms. The molecule has 0 saturated carbocycles. The van der Waals surface area contributed by atoms with Crippen LogP contribution in [0.2, 0.25) is 0 Å². The third kappa shape index (κ3) is 4.64. The summed E-state index contributed by atoms with van der Waals surface area (Å²) in [5.74, 6) is 8.02. The molecule has 1 fully saturated rings. The van der Waals surface area contributed by atoms with Crippen molar-refractivity contribution in [2.24, 2.45) is 4.99 Å². The average molecular weight is 431 g/mol. The molecule has 0 N–H and O–H groups in total. The van der Waals surface area contributed by atoms with E-state index in [1.54, 1.807) is 7.11 Å². The van der Waals surface area contributed by atoms with E-state index in [9.17, 15) is 0 Å². The molecule has 1 atom stereocenters. The van der Waals surface area contributed by atoms with Crippen molar-refractivity contribution >= 4 is 11.6 Å². The first-order valence-electron chi connectivity index (χ1n) is 10.9. The first kappa shape index (κ1) is 20.6. The Hall–Kier alpha value is -3.27. The second-order valence-corrected chi connectivity index (χ2v) is 7.91. The fourth-order valence-electron chi connectivity index (χ4n) is 4.03. The number of hydrogen-bond donors (Lipinski definition) is 0. The summed E-state index contributed by atoms with van der Waals surface area (Å²) in [6.45, 7) is 3.84. The molecule has 0 amide bonds. The molecule has 0 radical (unpaired) electrons. The third-order valence-electron chi connectivity index (χ3n) is 5.77. The van der Waals surface area contributed by atoms with Crippen LogP contribution in [-0.4, -0.2) is 63.7 Å². The molecule has 0 spiro atoms. The number of aliphatic imine (C=N–C) groups is 1. The molecule has 3 aliphatic rings. The van der Waals surface area contributed by atoms with E-state index in [-0.39, 0.29) is 6.10 Å². The summed E-state index contributed by atoms with van der Waals surface area (Å²) in [5, 5.41) is 0. The van der Waals surface area contributed by atoms with Crippen LogP contribution < -0.4 is 4.74 Å². The van der Waals surface area contributed by atoms with Gasteiger partial charge in [0.1, 0.15) is 25.1 Å². The lowest BCUT2D eigenvalue weighted by molar-refractivity contribution is -0.103. The molecule has 0 aliphatic carbocycles. The molecule has 6 nitrogen and oxygen atoms in total. The monoisotopic (exact) mass is 430 g/mol. The standard InChI is InChI=1S/C26H26N2O4/c1-29-22-7-4-19(5-8-22)2-3-20-6-9-24-21(14-20)10-11-28-18-27-26(15-25(24)28)32-17-23-16-30-12-13-31-23/h4-9,14-15,23H,10-13,16-18H2,1H3. The summed E-state index contributed by atoms with van der Waals surface area (Å²) in [6.07, 6.45) is 2.98. The number of hydrogen-bond acceptors (Lipinski definition) is 6. The van der Waals surface area contributed by atoms with Crippen molar-refractivity contribution in [1.29, 1.82) is 0 Å². The fraction of sp³-hybridized carbons (Fsp3) is 0.346. The molecule has 164 valence electrons. The molecule has 1 saturated heterocycles. The van der Waals surface area contributed by atoms with Crippen LogP contribution in [0, 0.1) is 11.8 Å². The number of benzene rings is 2. The maximum atomic E-state index is 5.92. The van der Waals surface area contributed by atoms with Gasteiger partial charge in [0, 0.05) is 29.3 Å². The van der Waals surface area contributed by atoms with E-state index >= 15 is 0 Å². The molecule has 0 aromatic heterocycles. The first-order chi connectivity index (χ1) is 15.8. The van der Waals surface area contributed by atoms with Crippen molar-refractivity contribution in [2.45, 2.75) is 12.5 Å². The Morgan fingerprint density at radius 1 is 1.09 bits per heavy atom. The highest BCUT2D eigenvalue weighted by Gasteiger charge is 2.25. The zero-order valence-corrected chi connectivity index (χ0v) is 18.2. The molecule has 2 aromatic rings. The Morgan fingerprint density at radius 3 is 2.75 bits per heavy atom. The Balaban J connectivity index is 1.30. The molecule has 2 aromatic carbocycles. The molecule has 1 unspecified atom stereocenters. The summed E-state index contributed by atoms with van der Waals surface area (Å²) in [6, 6.07) is 14.2. The van der Waals surface area contributed by atoms with Gasteiger partial charge in [0.05, 0.1) is 32.6 Å². The number of rotatable bonds is 3. The highest BCUT2D eigenvalue weighted by molar-refractivity contribution is 5.96. The molecule has 3 aliphatic heterocycles. The van der Waals surface area contributed by atoms with Crippen molar-refractivity contribution in [3.05, 3.63) is 70.8 Å². The summed E-state index contributed by atoms with van der Waals surface area (Å²) in [4.78, 5) is 6.87. The number of fused-ring (bicyclic) bond motifs is 3. The minimum absolute atomic E-state index is 0.0339. The lowest BCUT2D eigenvalue weighted by Gasteiger charge is -2.34. The predicted molar refractivity (Wildman–Crippen MR) is 123 cm³/mol. The Kier molecular flexibility index (Phi) is 6.11. The van der Waals surface area contributed by atoms with Gasteiger partial charge in [-0.15, -0.1) is 0 Å². The molecule has 32 heavy (non-hydrogen) atoms. The highest BCUT2D eigenvalue weighted by atomic mass is 16.6. The average Bonchev–Trinajstić information content (AvgIpc) is 2.86. The Bertz CT molecular complexity index is 1090. The van der Waals surface area contributed by atoms with Crippen LogP contribution in [0.15, 0.2) is 53.5 Å². The van der Waals surface area contributed by atoms with Gasteiger partial charge in [0.15, 0.2) is 0 Å². The number of methoxy groups -OCH3 is 1. The Labute approximate surface area is 188 Å². The first-order valence-corrected chi connectivity index (χ1v) is 10.9. The normalized spacial score (nSPS) is 19.5. The third-order valence-corrected chi connectivity index (χ3v) is 5.77. The van der Waals surface area contributed by atoms with Gasteiger partial charge in [0.25, 0.3) is 0 Å². The maximum Gasteiger partial charge on any atom is 0.212 e. The van der Waals surface area contributed by atoms with Crippen molar-refractivity contribution in [3.63, 3.8) is 0 Å². The smallest absolute Gasteiger partial charge is 0.212 e. The SMILES string of the molecule is COc1ccc(C#Cc2ccc3c(c2)CCN2CN=C(OCC4COCCO4)C=C32)cc1. The summed E-state index contributed by atoms with van der Waals surface area (Å²) < 4.78 is 22.2. The van der Waals surface area contributed by atoms with Gasteiger partial charge in [-0.1, -0.05) is 17.9 Å². The molecular formula is C26H26N2O4. The van der Waals surface area contributed by atoms with Crippen molar-refractivity contribution in [1.82, 2.24) is 4.90 Å². The summed E-state index contributed by atoms with van der Waals surface area (Å²) in [7, 11) is 1.66. The van der Waals surface area contributed by atoms with Crippen LogP contribution in [-0.2, 0) is 20.6 Å². The summed E-state index contributed by atoms with van der Waals surface area (Å²) in [5.41, 5.74) is 5.67. The lowest BCUT2D eigenvalue weighted by Crippen LogP contribution is -2.35. The van der Waals surface area contributed by atoms with E-state index < -0.39 is 0 Å². The van der Waals surface area contributed by atoms with E-state index in [1.807, 2.05) is 30.3 Å². The molecule has 3 heterocycles. The maximum absolute atomic E-state index is 5.92. The van der Waals surface area contributed by atoms with Crippen LogP contribution in [0.4, 0.5) is 0 Å². The molecule has 6 heteroatoms. The highest BCUT2D eigenvalue weighted by Crippen LogP contribution is 2.31. The van der Waals surface area contributed by atoms with Crippen LogP contribution in [0.1, 0.15) is 22.3 Å². The van der Waals surface area contributed by atoms with E-state index in [1.165, 1.54) is 11.1 Å². The van der Waals surface area contributed by atoms with Gasteiger partial charge >= 0.3 is 0 Å². The van der Waals surface area contributed by atoms with Crippen LogP contribution in [0.3, 0.4) is 0 Å². The van der Waals surface area contributed by atoms with E-state index in [4.69, 9.17) is 18.9 Å². The van der Waals surface area contributed by atoms with Crippen LogP contribution in [0.5, 0.6) is 5.75 Å². The zero-order chi connectivity index (χ0) is 21.8. The van der Waals surface area contributed by atoms with Crippen LogP contribution in [0.25, 0.3) is 5.70 Å². The van der Waals surface area contributed by atoms with Gasteiger partial charge in [-0.3, -0.25) is 0 Å². The van der Waals surface area contributed by atoms with Crippen molar-refractivity contribution < 1.29 is 18.9 Å². The topological polar surface area (TPSA) is 52.5 Å².